The largest absolute Gasteiger partial charge is 0.461 e. The molecule has 130 valence electrons. The number of ether oxygens (including phenoxy) is 1. The summed E-state index contributed by atoms with van der Waals surface area (Å²) in [5.74, 6) is -0.637. The van der Waals surface area contributed by atoms with Crippen molar-refractivity contribution in [3.63, 3.8) is 0 Å². The van der Waals surface area contributed by atoms with Crippen LogP contribution in [0.15, 0.2) is 24.3 Å². The summed E-state index contributed by atoms with van der Waals surface area (Å²) in [4.78, 5) is 12.5. The van der Waals surface area contributed by atoms with E-state index in [4.69, 9.17) is 10.5 Å². The van der Waals surface area contributed by atoms with Crippen LogP contribution in [0.3, 0.4) is 0 Å². The maximum absolute atomic E-state index is 12.7. The van der Waals surface area contributed by atoms with Crippen LogP contribution in [0.2, 0.25) is 0 Å². The highest BCUT2D eigenvalue weighted by molar-refractivity contribution is 5.82. The van der Waals surface area contributed by atoms with Crippen LogP contribution in [0.4, 0.5) is 13.2 Å². The molecule has 0 amide bonds. The van der Waals surface area contributed by atoms with E-state index in [1.807, 2.05) is 20.8 Å². The Bertz CT molecular complexity index is 544. The molecule has 0 bridgehead atoms. The maximum Gasteiger partial charge on any atom is 0.416 e. The molecule has 0 fully saturated rings. The summed E-state index contributed by atoms with van der Waals surface area (Å²) in [5, 5.41) is 0. The zero-order chi connectivity index (χ0) is 18.1. The molecule has 0 aromatic heterocycles. The van der Waals surface area contributed by atoms with Crippen molar-refractivity contribution in [2.75, 3.05) is 0 Å². The second kappa shape index (κ2) is 6.51. The van der Waals surface area contributed by atoms with E-state index >= 15 is 0 Å². The molecular weight excluding hydrogens is 307 g/mol. The number of hydrogen-bond donors (Lipinski definition) is 1. The van der Waals surface area contributed by atoms with Gasteiger partial charge in [-0.1, -0.05) is 32.9 Å². The van der Waals surface area contributed by atoms with Crippen molar-refractivity contribution < 1.29 is 22.7 Å². The number of rotatable bonds is 4. The van der Waals surface area contributed by atoms with Gasteiger partial charge in [-0.05, 0) is 43.4 Å². The highest BCUT2D eigenvalue weighted by atomic mass is 19.4. The second-order valence-corrected chi connectivity index (χ2v) is 7.24. The Balaban J connectivity index is 3.26. The maximum atomic E-state index is 12.7. The third-order valence-electron chi connectivity index (χ3n) is 3.24. The molecule has 0 aliphatic rings. The normalized spacial score (nSPS) is 15.4. The van der Waals surface area contributed by atoms with Gasteiger partial charge in [0.1, 0.15) is 5.54 Å². The quantitative estimate of drug-likeness (QED) is 0.839. The van der Waals surface area contributed by atoms with E-state index in [1.54, 1.807) is 13.8 Å². The molecule has 0 unspecified atom stereocenters. The summed E-state index contributed by atoms with van der Waals surface area (Å²) in [6, 6.07) is 4.36. The lowest BCUT2D eigenvalue weighted by molar-refractivity contribution is -0.156. The van der Waals surface area contributed by atoms with Gasteiger partial charge < -0.3 is 10.5 Å². The Morgan fingerprint density at radius 1 is 1.09 bits per heavy atom. The minimum Gasteiger partial charge on any atom is -0.461 e. The van der Waals surface area contributed by atoms with Gasteiger partial charge in [0, 0.05) is 0 Å². The Morgan fingerprint density at radius 2 is 1.52 bits per heavy atom. The Labute approximate surface area is 135 Å². The van der Waals surface area contributed by atoms with Gasteiger partial charge in [0.05, 0.1) is 11.7 Å². The van der Waals surface area contributed by atoms with Crippen molar-refractivity contribution in [3.05, 3.63) is 35.4 Å². The van der Waals surface area contributed by atoms with Gasteiger partial charge in [-0.25, -0.2) is 4.79 Å². The predicted octanol–water partition coefficient (Wildman–Crippen LogP) is 4.25. The fourth-order valence-electron chi connectivity index (χ4n) is 2.40. The molecule has 0 aliphatic carbocycles. The standard InChI is InChI=1S/C17H24F3NO2/c1-11(2)23-14(22)16(21,10-15(3,4)5)12-6-8-13(9-7-12)17(18,19)20/h6-9,11H,10,21H2,1-5H3/t16-/m1/s1. The molecule has 1 aromatic carbocycles. The molecule has 3 nitrogen and oxygen atoms in total. The third kappa shape index (κ3) is 5.23. The first-order chi connectivity index (χ1) is 10.3. The van der Waals surface area contributed by atoms with E-state index in [-0.39, 0.29) is 17.9 Å². The number of carbonyl (C=O) groups is 1. The van der Waals surface area contributed by atoms with Gasteiger partial charge in [0.2, 0.25) is 0 Å². The van der Waals surface area contributed by atoms with Gasteiger partial charge in [0.25, 0.3) is 0 Å². The lowest BCUT2D eigenvalue weighted by Crippen LogP contribution is -2.49. The van der Waals surface area contributed by atoms with E-state index in [0.29, 0.717) is 5.56 Å². The summed E-state index contributed by atoms with van der Waals surface area (Å²) >= 11 is 0. The zero-order valence-corrected chi connectivity index (χ0v) is 14.1. The number of alkyl halides is 3. The summed E-state index contributed by atoms with van der Waals surface area (Å²) in [5.41, 5.74) is 4.03. The van der Waals surface area contributed by atoms with Crippen LogP contribution in [-0.4, -0.2) is 12.1 Å². The fourth-order valence-corrected chi connectivity index (χ4v) is 2.40. The number of carbonyl (C=O) groups excluding carboxylic acids is 1. The molecule has 1 atom stereocenters. The van der Waals surface area contributed by atoms with Gasteiger partial charge in [-0.3, -0.25) is 0 Å². The van der Waals surface area contributed by atoms with Crippen LogP contribution in [-0.2, 0) is 21.2 Å². The first kappa shape index (κ1) is 19.5. The average Bonchev–Trinajstić information content (AvgIpc) is 2.35. The lowest BCUT2D eigenvalue weighted by Gasteiger charge is -2.34. The van der Waals surface area contributed by atoms with Crippen LogP contribution < -0.4 is 5.73 Å². The van der Waals surface area contributed by atoms with Crippen LogP contribution in [0.5, 0.6) is 0 Å². The Hall–Kier alpha value is -1.56. The molecular formula is C17H24F3NO2. The van der Waals surface area contributed by atoms with Crippen molar-refractivity contribution in [2.45, 2.75) is 58.9 Å². The summed E-state index contributed by atoms with van der Waals surface area (Å²) in [6.07, 6.45) is -4.55. The van der Waals surface area contributed by atoms with E-state index in [1.165, 1.54) is 12.1 Å². The molecule has 0 aliphatic heterocycles. The van der Waals surface area contributed by atoms with Gasteiger partial charge >= 0.3 is 12.1 Å². The number of benzene rings is 1. The molecule has 6 heteroatoms. The van der Waals surface area contributed by atoms with Crippen LogP contribution in [0.25, 0.3) is 0 Å². The molecule has 0 saturated heterocycles. The molecule has 0 spiro atoms. The predicted molar refractivity (Wildman–Crippen MR) is 82.6 cm³/mol. The van der Waals surface area contributed by atoms with E-state index in [0.717, 1.165) is 12.1 Å². The average molecular weight is 331 g/mol. The Morgan fingerprint density at radius 3 is 1.87 bits per heavy atom. The zero-order valence-electron chi connectivity index (χ0n) is 14.1. The van der Waals surface area contributed by atoms with Crippen LogP contribution >= 0.6 is 0 Å². The van der Waals surface area contributed by atoms with Crippen molar-refractivity contribution in [2.24, 2.45) is 11.1 Å². The van der Waals surface area contributed by atoms with Crippen molar-refractivity contribution >= 4 is 5.97 Å². The van der Waals surface area contributed by atoms with E-state index in [9.17, 15) is 18.0 Å². The molecule has 0 saturated carbocycles. The monoisotopic (exact) mass is 331 g/mol. The summed E-state index contributed by atoms with van der Waals surface area (Å²) in [6.45, 7) is 9.11. The van der Waals surface area contributed by atoms with E-state index in [2.05, 4.69) is 0 Å². The molecule has 0 heterocycles. The number of nitrogens with two attached hydrogens (primary N) is 1. The minimum absolute atomic E-state index is 0.247. The highest BCUT2D eigenvalue weighted by Crippen LogP contribution is 2.36. The number of esters is 1. The molecule has 23 heavy (non-hydrogen) atoms. The van der Waals surface area contributed by atoms with Crippen molar-refractivity contribution in [3.8, 4) is 0 Å². The number of halogens is 3. The smallest absolute Gasteiger partial charge is 0.416 e. The van der Waals surface area contributed by atoms with Crippen molar-refractivity contribution in [1.29, 1.82) is 0 Å². The van der Waals surface area contributed by atoms with Gasteiger partial charge in [-0.15, -0.1) is 0 Å². The SMILES string of the molecule is CC(C)OC(=O)[C@@](N)(CC(C)(C)C)c1ccc(C(F)(F)F)cc1. The topological polar surface area (TPSA) is 52.3 Å². The first-order valence-electron chi connectivity index (χ1n) is 7.43. The van der Waals surface area contributed by atoms with Gasteiger partial charge in [-0.2, -0.15) is 13.2 Å². The second-order valence-electron chi connectivity index (χ2n) is 7.24. The van der Waals surface area contributed by atoms with Crippen LogP contribution in [0.1, 0.15) is 52.2 Å². The lowest BCUT2D eigenvalue weighted by atomic mass is 9.76. The van der Waals surface area contributed by atoms with E-state index < -0.39 is 23.2 Å². The number of hydrogen-bond acceptors (Lipinski definition) is 3. The minimum atomic E-state index is -4.43. The summed E-state index contributed by atoms with van der Waals surface area (Å²) in [7, 11) is 0. The molecule has 2 N–H and O–H groups in total. The highest BCUT2D eigenvalue weighted by Gasteiger charge is 2.42. The first-order valence-corrected chi connectivity index (χ1v) is 7.43. The van der Waals surface area contributed by atoms with Crippen molar-refractivity contribution in [1.82, 2.24) is 0 Å². The fraction of sp³-hybridized carbons (Fsp3) is 0.588. The Kier molecular flexibility index (Phi) is 5.52. The third-order valence-corrected chi connectivity index (χ3v) is 3.24. The molecule has 1 aromatic rings. The summed E-state index contributed by atoms with van der Waals surface area (Å²) < 4.78 is 43.3. The van der Waals surface area contributed by atoms with Crippen LogP contribution in [0, 0.1) is 5.41 Å². The molecule has 0 radical (unpaired) electrons. The molecule has 1 rings (SSSR count). The van der Waals surface area contributed by atoms with Gasteiger partial charge in [0.15, 0.2) is 0 Å².